The van der Waals surface area contributed by atoms with E-state index in [1.54, 1.807) is 12.1 Å². The summed E-state index contributed by atoms with van der Waals surface area (Å²) in [6, 6.07) is 7.33. The van der Waals surface area contributed by atoms with E-state index in [0.29, 0.717) is 21.8 Å². The molecule has 0 aromatic carbocycles. The zero-order valence-corrected chi connectivity index (χ0v) is 16.7. The van der Waals surface area contributed by atoms with Gasteiger partial charge in [-0.3, -0.25) is 0 Å². The van der Waals surface area contributed by atoms with Crippen molar-refractivity contribution in [2.45, 2.75) is 30.7 Å². The Kier molecular flexibility index (Phi) is 4.40. The Bertz CT molecular complexity index is 758. The van der Waals surface area contributed by atoms with Crippen LogP contribution in [0.5, 0.6) is 0 Å². The third-order valence-electron chi connectivity index (χ3n) is 6.34. The number of carbonyl (C=O) groups excluding carboxylic acids is 1. The van der Waals surface area contributed by atoms with Crippen LogP contribution in [0.2, 0.25) is 0 Å². The number of piperidine rings is 3. The molecule has 1 unspecified atom stereocenters. The van der Waals surface area contributed by atoms with E-state index < -0.39 is 11.6 Å². The van der Waals surface area contributed by atoms with Crippen LogP contribution in [0.1, 0.15) is 22.6 Å². The lowest BCUT2D eigenvalue weighted by molar-refractivity contribution is -0.946. The van der Waals surface area contributed by atoms with E-state index >= 15 is 0 Å². The lowest BCUT2D eigenvalue weighted by Gasteiger charge is -2.52. The molecule has 6 rings (SSSR count). The van der Waals surface area contributed by atoms with Gasteiger partial charge in [-0.05, 0) is 22.9 Å². The highest BCUT2D eigenvalue weighted by Crippen LogP contribution is 2.40. The average molecular weight is 407 g/mol. The van der Waals surface area contributed by atoms with Gasteiger partial charge in [-0.2, -0.15) is 0 Å². The van der Waals surface area contributed by atoms with E-state index in [9.17, 15) is 9.90 Å². The third kappa shape index (κ3) is 3.15. The van der Waals surface area contributed by atoms with Crippen LogP contribution in [0.3, 0.4) is 0 Å². The molecule has 2 bridgehead atoms. The minimum absolute atomic E-state index is 0.120. The molecule has 0 aliphatic carbocycles. The van der Waals surface area contributed by atoms with Crippen LogP contribution < -0.4 is 0 Å². The number of hydrogen-bond donors (Lipinski definition) is 1. The van der Waals surface area contributed by atoms with Crippen LogP contribution in [0.15, 0.2) is 35.0 Å². The second-order valence-electron chi connectivity index (χ2n) is 8.06. The summed E-state index contributed by atoms with van der Waals surface area (Å²) in [6.45, 7) is 5.05. The van der Waals surface area contributed by atoms with Crippen LogP contribution in [0, 0.1) is 5.92 Å². The summed E-state index contributed by atoms with van der Waals surface area (Å²) in [5.74, 6) is -0.128. The second-order valence-corrected chi connectivity index (χ2v) is 9.95. The highest BCUT2D eigenvalue weighted by molar-refractivity contribution is 7.12. The summed E-state index contributed by atoms with van der Waals surface area (Å²) < 4.78 is 12.5. The van der Waals surface area contributed by atoms with Gasteiger partial charge in [0.05, 0.1) is 29.5 Å². The molecule has 0 spiro atoms. The number of aliphatic hydroxyl groups is 1. The van der Waals surface area contributed by atoms with E-state index in [1.165, 1.54) is 22.7 Å². The molecule has 1 N–H and O–H groups in total. The number of ether oxygens (including phenoxy) is 2. The highest BCUT2D eigenvalue weighted by Gasteiger charge is 2.52. The molecule has 0 saturated carbocycles. The number of hydrogen-bond acceptors (Lipinski definition) is 6. The number of rotatable bonds is 6. The van der Waals surface area contributed by atoms with Crippen molar-refractivity contribution < 1.29 is 23.9 Å². The number of esters is 1. The van der Waals surface area contributed by atoms with E-state index in [4.69, 9.17) is 9.47 Å². The normalized spacial score (nSPS) is 32.4. The van der Waals surface area contributed by atoms with Crippen LogP contribution in [0.25, 0.3) is 0 Å². The summed E-state index contributed by atoms with van der Waals surface area (Å²) in [5, 5.41) is 15.2. The van der Waals surface area contributed by atoms with E-state index in [1.807, 2.05) is 22.9 Å². The molecule has 6 heterocycles. The molecule has 0 radical (unpaired) electrons. The second kappa shape index (κ2) is 6.67. The van der Waals surface area contributed by atoms with Crippen molar-refractivity contribution >= 4 is 28.6 Å². The predicted molar refractivity (Wildman–Crippen MR) is 104 cm³/mol. The monoisotopic (exact) mass is 406 g/mol. The quantitative estimate of drug-likeness (QED) is 0.455. The maximum Gasteiger partial charge on any atom is 0.349 e. The van der Waals surface area contributed by atoms with Crippen molar-refractivity contribution in [3.8, 4) is 0 Å². The van der Waals surface area contributed by atoms with E-state index in [2.05, 4.69) is 0 Å². The lowest BCUT2D eigenvalue weighted by Crippen LogP contribution is -2.65. The molecule has 2 aromatic rings. The number of nitrogens with zero attached hydrogens (tertiary/aromatic N) is 1. The van der Waals surface area contributed by atoms with E-state index in [0.717, 1.165) is 50.1 Å². The molecule has 4 saturated heterocycles. The minimum Gasteiger partial charge on any atom is -0.453 e. The van der Waals surface area contributed by atoms with Gasteiger partial charge in [0.2, 0.25) is 5.60 Å². The maximum absolute atomic E-state index is 13.3. The minimum atomic E-state index is -1.71. The molecule has 2 atom stereocenters. The Balaban J connectivity index is 1.38. The fraction of sp³-hybridized carbons (Fsp3) is 0.550. The Labute approximate surface area is 166 Å². The van der Waals surface area contributed by atoms with Gasteiger partial charge in [0.1, 0.15) is 19.2 Å². The number of carbonyl (C=O) groups is 1. The van der Waals surface area contributed by atoms with Gasteiger partial charge in [-0.1, -0.05) is 12.1 Å². The van der Waals surface area contributed by atoms with Crippen molar-refractivity contribution in [3.05, 3.63) is 44.8 Å². The van der Waals surface area contributed by atoms with Gasteiger partial charge in [0.25, 0.3) is 0 Å². The first-order chi connectivity index (χ1) is 13.1. The maximum atomic E-state index is 13.3. The molecule has 4 fully saturated rings. The Morgan fingerprint density at radius 2 is 1.85 bits per heavy atom. The summed E-state index contributed by atoms with van der Waals surface area (Å²) in [6.07, 6.45) is 2.43. The SMILES string of the molecule is O=C(O[C@H]1C[N+]2(CC3CO3)CCC1CC2)C(O)(c1cccs1)c1cccs1. The van der Waals surface area contributed by atoms with Crippen LogP contribution in [0.4, 0.5) is 0 Å². The van der Waals surface area contributed by atoms with Gasteiger partial charge >= 0.3 is 5.97 Å². The van der Waals surface area contributed by atoms with Gasteiger partial charge in [-0.15, -0.1) is 22.7 Å². The standard InChI is InChI=1S/C20H24NO4S2/c22-19(20(23,17-3-1-9-26-17)18-4-2-10-27-18)25-16-12-21(11-15-13-24-15)7-5-14(16)6-8-21/h1-4,9-10,14-16,23H,5-8,11-13H2/q+1/t14?,15?,16-,21?/m0/s1. The Hall–Kier alpha value is -1.25. The first-order valence-electron chi connectivity index (χ1n) is 9.57. The summed E-state index contributed by atoms with van der Waals surface area (Å²) in [7, 11) is 0. The first-order valence-corrected chi connectivity index (χ1v) is 11.3. The number of fused-ring (bicyclic) bond motifs is 3. The lowest BCUT2D eigenvalue weighted by atomic mass is 9.83. The number of thiophene rings is 2. The molecule has 4 aliphatic heterocycles. The topological polar surface area (TPSA) is 59.1 Å². The summed E-state index contributed by atoms with van der Waals surface area (Å²) in [4.78, 5) is 14.5. The van der Waals surface area contributed by atoms with Crippen LogP contribution >= 0.6 is 22.7 Å². The van der Waals surface area contributed by atoms with Crippen molar-refractivity contribution in [1.82, 2.24) is 0 Å². The molecule has 2 aromatic heterocycles. The zero-order chi connectivity index (χ0) is 18.5. The fourth-order valence-electron chi connectivity index (χ4n) is 4.73. The van der Waals surface area contributed by atoms with Crippen molar-refractivity contribution in [1.29, 1.82) is 0 Å². The van der Waals surface area contributed by atoms with Crippen molar-refractivity contribution in [2.24, 2.45) is 5.92 Å². The molecular formula is C20H24NO4S2+. The van der Waals surface area contributed by atoms with Crippen LogP contribution in [-0.2, 0) is 19.9 Å². The third-order valence-corrected chi connectivity index (χ3v) is 8.30. The highest BCUT2D eigenvalue weighted by atomic mass is 32.1. The molecule has 4 aliphatic rings. The van der Waals surface area contributed by atoms with Crippen molar-refractivity contribution in [3.63, 3.8) is 0 Å². The average Bonchev–Trinajstić information content (AvgIpc) is 3.16. The van der Waals surface area contributed by atoms with Crippen molar-refractivity contribution in [2.75, 3.05) is 32.8 Å². The van der Waals surface area contributed by atoms with Crippen LogP contribution in [-0.4, -0.2) is 60.6 Å². The van der Waals surface area contributed by atoms with Gasteiger partial charge in [0.15, 0.2) is 6.10 Å². The van der Waals surface area contributed by atoms with Gasteiger partial charge < -0.3 is 19.1 Å². The molecule has 144 valence electrons. The number of epoxide rings is 1. The molecular weight excluding hydrogens is 382 g/mol. The Morgan fingerprint density at radius 1 is 1.22 bits per heavy atom. The summed E-state index contributed by atoms with van der Waals surface area (Å²) >= 11 is 2.77. The van der Waals surface area contributed by atoms with E-state index in [-0.39, 0.29) is 6.10 Å². The zero-order valence-electron chi connectivity index (χ0n) is 15.1. The predicted octanol–water partition coefficient (Wildman–Crippen LogP) is 2.60. The molecule has 0 amide bonds. The first kappa shape index (κ1) is 17.8. The molecule has 27 heavy (non-hydrogen) atoms. The largest absolute Gasteiger partial charge is 0.453 e. The molecule has 7 heteroatoms. The van der Waals surface area contributed by atoms with Gasteiger partial charge in [-0.25, -0.2) is 4.79 Å². The van der Waals surface area contributed by atoms with Gasteiger partial charge in [0, 0.05) is 18.8 Å². The smallest absolute Gasteiger partial charge is 0.349 e. The fourth-order valence-corrected chi connectivity index (χ4v) is 6.44. The molecule has 5 nitrogen and oxygen atoms in total. The number of quaternary nitrogens is 1. The Morgan fingerprint density at radius 3 is 2.37 bits per heavy atom. The summed E-state index contributed by atoms with van der Waals surface area (Å²) in [5.41, 5.74) is -1.71.